The first-order chi connectivity index (χ1) is 13.5. The Kier molecular flexibility index (Phi) is 6.17. The monoisotopic (exact) mass is 389 g/mol. The van der Waals surface area contributed by atoms with Gasteiger partial charge in [0.1, 0.15) is 0 Å². The van der Waals surface area contributed by atoms with Gasteiger partial charge in [-0.05, 0) is 23.8 Å². The van der Waals surface area contributed by atoms with Crippen molar-refractivity contribution >= 4 is 5.69 Å². The molecule has 0 amide bonds. The lowest BCUT2D eigenvalue weighted by Gasteiger charge is -2.22. The first-order valence-electron chi connectivity index (χ1n) is 8.76. The van der Waals surface area contributed by atoms with Crippen molar-refractivity contribution in [3.63, 3.8) is 0 Å². The van der Waals surface area contributed by atoms with Crippen molar-refractivity contribution in [1.82, 2.24) is 4.90 Å². The maximum Gasteiger partial charge on any atom is 0.277 e. The number of benzene rings is 2. The number of nitro benzene ring substituents is 1. The second-order valence-corrected chi connectivity index (χ2v) is 6.28. The Bertz CT molecular complexity index is 858. The molecule has 0 saturated carbocycles. The number of rotatable bonds is 9. The van der Waals surface area contributed by atoms with Crippen molar-refractivity contribution in [2.45, 2.75) is 13.1 Å². The van der Waals surface area contributed by atoms with E-state index in [9.17, 15) is 10.1 Å². The number of nitro groups is 1. The van der Waals surface area contributed by atoms with Crippen LogP contribution in [0.3, 0.4) is 0 Å². The molecule has 0 radical (unpaired) electrons. The van der Waals surface area contributed by atoms with Crippen molar-refractivity contribution in [2.24, 2.45) is 5.73 Å². The molecule has 2 aromatic carbocycles. The molecule has 9 nitrogen and oxygen atoms in total. The summed E-state index contributed by atoms with van der Waals surface area (Å²) in [5.41, 5.74) is 7.26. The number of hydrogen-bond acceptors (Lipinski definition) is 8. The maximum absolute atomic E-state index is 11.6. The zero-order valence-electron chi connectivity index (χ0n) is 15.8. The summed E-state index contributed by atoms with van der Waals surface area (Å²) in [6.07, 6.45) is 0. The first-order valence-corrected chi connectivity index (χ1v) is 8.76. The van der Waals surface area contributed by atoms with Gasteiger partial charge < -0.3 is 24.7 Å². The molecule has 150 valence electrons. The molecule has 1 aliphatic heterocycles. The first kappa shape index (κ1) is 19.7. The van der Waals surface area contributed by atoms with Gasteiger partial charge in [0.15, 0.2) is 23.0 Å². The molecule has 0 atom stereocenters. The fraction of sp³-hybridized carbons (Fsp3) is 0.368. The second kappa shape index (κ2) is 8.77. The normalized spacial score (nSPS) is 12.3. The lowest BCUT2D eigenvalue weighted by Crippen LogP contribution is -2.29. The number of nitrogens with two attached hydrogens (primary N) is 1. The molecule has 0 bridgehead atoms. The van der Waals surface area contributed by atoms with Crippen LogP contribution in [0.15, 0.2) is 30.3 Å². The maximum atomic E-state index is 11.6. The van der Waals surface area contributed by atoms with Crippen molar-refractivity contribution in [3.05, 3.63) is 51.6 Å². The van der Waals surface area contributed by atoms with Gasteiger partial charge in [0.25, 0.3) is 5.69 Å². The number of ether oxygens (including phenoxy) is 4. The molecule has 2 aromatic rings. The highest BCUT2D eigenvalue weighted by Crippen LogP contribution is 2.36. The van der Waals surface area contributed by atoms with E-state index < -0.39 is 4.92 Å². The van der Waals surface area contributed by atoms with Crippen LogP contribution in [-0.2, 0) is 13.1 Å². The van der Waals surface area contributed by atoms with E-state index in [4.69, 9.17) is 24.7 Å². The molecule has 0 fully saturated rings. The highest BCUT2D eigenvalue weighted by atomic mass is 16.7. The fourth-order valence-corrected chi connectivity index (χ4v) is 3.14. The Morgan fingerprint density at radius 3 is 2.50 bits per heavy atom. The summed E-state index contributed by atoms with van der Waals surface area (Å²) >= 11 is 0. The van der Waals surface area contributed by atoms with E-state index in [1.165, 1.54) is 20.3 Å². The van der Waals surface area contributed by atoms with Gasteiger partial charge in [0, 0.05) is 31.7 Å². The van der Waals surface area contributed by atoms with Gasteiger partial charge in [0.2, 0.25) is 6.79 Å². The van der Waals surface area contributed by atoms with Crippen LogP contribution in [0, 0.1) is 10.1 Å². The quantitative estimate of drug-likeness (QED) is 0.514. The van der Waals surface area contributed by atoms with Crippen molar-refractivity contribution in [1.29, 1.82) is 0 Å². The highest BCUT2D eigenvalue weighted by Gasteiger charge is 2.22. The predicted molar refractivity (Wildman–Crippen MR) is 102 cm³/mol. The van der Waals surface area contributed by atoms with Crippen LogP contribution in [0.2, 0.25) is 0 Å². The minimum absolute atomic E-state index is 0.0228. The minimum Gasteiger partial charge on any atom is -0.493 e. The highest BCUT2D eigenvalue weighted by molar-refractivity contribution is 5.54. The van der Waals surface area contributed by atoms with Gasteiger partial charge in [-0.1, -0.05) is 6.07 Å². The summed E-state index contributed by atoms with van der Waals surface area (Å²) in [6.45, 7) is 2.09. The summed E-state index contributed by atoms with van der Waals surface area (Å²) in [6, 6.07) is 8.74. The number of nitrogens with zero attached hydrogens (tertiary/aromatic N) is 2. The molecule has 0 aromatic heterocycles. The summed E-state index contributed by atoms with van der Waals surface area (Å²) in [5.74, 6) is 2.17. The smallest absolute Gasteiger partial charge is 0.277 e. The number of methoxy groups -OCH3 is 2. The van der Waals surface area contributed by atoms with Crippen LogP contribution in [0.25, 0.3) is 0 Å². The Morgan fingerprint density at radius 2 is 1.82 bits per heavy atom. The van der Waals surface area contributed by atoms with Crippen molar-refractivity contribution in [3.8, 4) is 23.0 Å². The van der Waals surface area contributed by atoms with Crippen LogP contribution >= 0.6 is 0 Å². The largest absolute Gasteiger partial charge is 0.493 e. The topological polar surface area (TPSA) is 109 Å². The molecule has 0 aliphatic carbocycles. The Balaban J connectivity index is 1.86. The minimum atomic E-state index is -0.418. The average molecular weight is 389 g/mol. The third-order valence-corrected chi connectivity index (χ3v) is 4.46. The third kappa shape index (κ3) is 4.26. The lowest BCUT2D eigenvalue weighted by atomic mass is 10.1. The van der Waals surface area contributed by atoms with Gasteiger partial charge >= 0.3 is 0 Å². The van der Waals surface area contributed by atoms with Crippen LogP contribution in [0.5, 0.6) is 23.0 Å². The number of hydrogen-bond donors (Lipinski definition) is 1. The summed E-state index contributed by atoms with van der Waals surface area (Å²) < 4.78 is 21.2. The lowest BCUT2D eigenvalue weighted by molar-refractivity contribution is -0.385. The molecule has 0 unspecified atom stereocenters. The zero-order chi connectivity index (χ0) is 20.1. The molecule has 0 spiro atoms. The van der Waals surface area contributed by atoms with Gasteiger partial charge in [0.05, 0.1) is 25.2 Å². The van der Waals surface area contributed by atoms with E-state index in [-0.39, 0.29) is 12.5 Å². The molecule has 28 heavy (non-hydrogen) atoms. The Morgan fingerprint density at radius 1 is 1.11 bits per heavy atom. The second-order valence-electron chi connectivity index (χ2n) is 6.28. The summed E-state index contributed by atoms with van der Waals surface area (Å²) in [7, 11) is 2.94. The zero-order valence-corrected chi connectivity index (χ0v) is 15.8. The fourth-order valence-electron chi connectivity index (χ4n) is 3.14. The van der Waals surface area contributed by atoms with E-state index in [2.05, 4.69) is 0 Å². The van der Waals surface area contributed by atoms with Crippen LogP contribution in [0.4, 0.5) is 5.69 Å². The predicted octanol–water partition coefficient (Wildman–Crippen LogP) is 2.30. The van der Waals surface area contributed by atoms with E-state index in [0.29, 0.717) is 54.7 Å². The van der Waals surface area contributed by atoms with Crippen LogP contribution in [0.1, 0.15) is 11.1 Å². The molecular weight excluding hydrogens is 366 g/mol. The Hall–Kier alpha value is -3.04. The van der Waals surface area contributed by atoms with Crippen LogP contribution < -0.4 is 24.7 Å². The van der Waals surface area contributed by atoms with Crippen molar-refractivity contribution < 1.29 is 23.9 Å². The molecule has 0 saturated heterocycles. The summed E-state index contributed by atoms with van der Waals surface area (Å²) in [4.78, 5) is 13.2. The third-order valence-electron chi connectivity index (χ3n) is 4.46. The van der Waals surface area contributed by atoms with E-state index in [1.54, 1.807) is 6.07 Å². The molecule has 3 rings (SSSR count). The molecular formula is C19H23N3O6. The van der Waals surface area contributed by atoms with Crippen LogP contribution in [-0.4, -0.2) is 43.9 Å². The average Bonchev–Trinajstić information content (AvgIpc) is 3.15. The van der Waals surface area contributed by atoms with Gasteiger partial charge in [-0.15, -0.1) is 0 Å². The molecule has 1 aliphatic rings. The van der Waals surface area contributed by atoms with Gasteiger partial charge in [-0.3, -0.25) is 15.0 Å². The SMILES string of the molecule is COc1cc(CN(CCN)Cc2ccc3c(c2)OCO3)c([N+](=O)[O-])cc1OC. The molecule has 1 heterocycles. The van der Waals surface area contributed by atoms with E-state index >= 15 is 0 Å². The molecule has 9 heteroatoms. The molecule has 2 N–H and O–H groups in total. The Labute approximate surface area is 162 Å². The van der Waals surface area contributed by atoms with Gasteiger partial charge in [-0.2, -0.15) is 0 Å². The van der Waals surface area contributed by atoms with Crippen molar-refractivity contribution in [2.75, 3.05) is 34.1 Å². The summed E-state index contributed by atoms with van der Waals surface area (Å²) in [5, 5.41) is 11.6. The number of fused-ring (bicyclic) bond motifs is 1. The van der Waals surface area contributed by atoms with Gasteiger partial charge in [-0.25, -0.2) is 0 Å². The van der Waals surface area contributed by atoms with E-state index in [1.807, 2.05) is 23.1 Å². The standard InChI is InChI=1S/C19H23N3O6/c1-25-17-8-14(15(22(23)24)9-18(17)26-2)11-21(6-5-20)10-13-3-4-16-19(7-13)28-12-27-16/h3-4,7-9H,5-6,10-12,20H2,1-2H3. The van der Waals surface area contributed by atoms with E-state index in [0.717, 1.165) is 5.56 Å².